The van der Waals surface area contributed by atoms with E-state index in [2.05, 4.69) is 34.1 Å². The summed E-state index contributed by atoms with van der Waals surface area (Å²) in [6, 6.07) is 13.5. The fraction of sp³-hybridized carbons (Fsp3) is 0.467. The largest absolute Gasteiger partial charge is 0.462 e. The summed E-state index contributed by atoms with van der Waals surface area (Å²) in [5.41, 5.74) is 8.19. The van der Waals surface area contributed by atoms with E-state index in [0.29, 0.717) is 23.0 Å². The minimum atomic E-state index is -3.92. The van der Waals surface area contributed by atoms with Crippen LogP contribution in [-0.4, -0.2) is 60.3 Å². The maximum Gasteiger partial charge on any atom is 0.459 e. The Labute approximate surface area is 253 Å². The number of ether oxygens (including phenoxy) is 1. The van der Waals surface area contributed by atoms with Crippen LogP contribution < -0.4 is 20.7 Å². The van der Waals surface area contributed by atoms with Crippen LogP contribution in [0.15, 0.2) is 54.7 Å². The molecule has 0 unspecified atom stereocenters. The SMILES string of the molecule is CCN(CCC[C@@H](C)Nc1ccnc2cc(Cl)ccc12)CCO[P@@](=O)(N[C@@H](C)C(=O)OC(C)C)Oc1ccc(N)cc1. The predicted molar refractivity (Wildman–Crippen MR) is 170 cm³/mol. The van der Waals surface area contributed by atoms with Crippen molar-refractivity contribution in [3.05, 3.63) is 59.8 Å². The molecule has 3 atom stereocenters. The van der Waals surface area contributed by atoms with Crippen LogP contribution in [0.2, 0.25) is 5.02 Å². The second-order valence-electron chi connectivity index (χ2n) is 10.5. The van der Waals surface area contributed by atoms with Crippen LogP contribution in [0.3, 0.4) is 0 Å². The van der Waals surface area contributed by atoms with Crippen molar-refractivity contribution in [2.75, 3.05) is 37.3 Å². The van der Waals surface area contributed by atoms with Gasteiger partial charge in [0.1, 0.15) is 11.8 Å². The molecular formula is C30H43ClN5O5P. The predicted octanol–water partition coefficient (Wildman–Crippen LogP) is 6.51. The second-order valence-corrected chi connectivity index (χ2v) is 12.6. The average molecular weight is 620 g/mol. The summed E-state index contributed by atoms with van der Waals surface area (Å²) in [6.07, 6.45) is 3.38. The molecule has 0 saturated heterocycles. The van der Waals surface area contributed by atoms with Gasteiger partial charge in [0.2, 0.25) is 0 Å². The summed E-state index contributed by atoms with van der Waals surface area (Å²) in [4.78, 5) is 19.0. The van der Waals surface area contributed by atoms with Gasteiger partial charge in [-0.1, -0.05) is 18.5 Å². The van der Waals surface area contributed by atoms with Gasteiger partial charge in [-0.3, -0.25) is 14.3 Å². The Bertz CT molecular complexity index is 1340. The number of carbonyl (C=O) groups excluding carboxylic acids is 1. The van der Waals surface area contributed by atoms with E-state index >= 15 is 0 Å². The van der Waals surface area contributed by atoms with Crippen molar-refractivity contribution < 1.29 is 23.1 Å². The van der Waals surface area contributed by atoms with Crippen LogP contribution in [-0.2, 0) is 18.6 Å². The van der Waals surface area contributed by atoms with Crippen molar-refractivity contribution >= 4 is 47.6 Å². The maximum absolute atomic E-state index is 13.7. The Morgan fingerprint density at radius 1 is 1.10 bits per heavy atom. The molecule has 42 heavy (non-hydrogen) atoms. The number of halogens is 1. The highest BCUT2D eigenvalue weighted by Gasteiger charge is 2.32. The topological polar surface area (TPSA) is 128 Å². The number of benzene rings is 2. The molecule has 3 rings (SSSR count). The number of hydrogen-bond donors (Lipinski definition) is 3. The molecule has 0 bridgehead atoms. The number of aromatic nitrogens is 1. The number of carbonyl (C=O) groups is 1. The van der Waals surface area contributed by atoms with Crippen molar-refractivity contribution in [1.29, 1.82) is 0 Å². The first-order chi connectivity index (χ1) is 20.0. The van der Waals surface area contributed by atoms with E-state index in [1.165, 1.54) is 0 Å². The van der Waals surface area contributed by atoms with Crippen LogP contribution in [0.25, 0.3) is 10.9 Å². The molecular weight excluding hydrogens is 577 g/mol. The zero-order valence-corrected chi connectivity index (χ0v) is 26.7. The van der Waals surface area contributed by atoms with Gasteiger partial charge in [0.25, 0.3) is 0 Å². The van der Waals surface area contributed by atoms with Crippen molar-refractivity contribution in [2.24, 2.45) is 0 Å². The van der Waals surface area contributed by atoms with Crippen LogP contribution in [0.5, 0.6) is 5.75 Å². The van der Waals surface area contributed by atoms with Crippen LogP contribution >= 0.6 is 19.3 Å². The first kappa shape index (κ1) is 33.6. The molecule has 0 aliphatic carbocycles. The molecule has 0 fully saturated rings. The van der Waals surface area contributed by atoms with Crippen molar-refractivity contribution in [2.45, 2.75) is 65.6 Å². The van der Waals surface area contributed by atoms with E-state index in [0.717, 1.165) is 42.5 Å². The normalized spacial score (nSPS) is 14.5. The fourth-order valence-corrected chi connectivity index (χ4v) is 5.95. The Balaban J connectivity index is 1.52. The number of anilines is 2. The van der Waals surface area contributed by atoms with Gasteiger partial charge < -0.3 is 25.2 Å². The summed E-state index contributed by atoms with van der Waals surface area (Å²) < 4.78 is 30.4. The van der Waals surface area contributed by atoms with Gasteiger partial charge in [-0.15, -0.1) is 0 Å². The molecule has 0 aliphatic heterocycles. The second kappa shape index (κ2) is 16.1. The lowest BCUT2D eigenvalue weighted by molar-refractivity contribution is -0.149. The molecule has 0 radical (unpaired) electrons. The minimum absolute atomic E-state index is 0.137. The molecule has 0 spiro atoms. The number of fused-ring (bicyclic) bond motifs is 1. The molecule has 3 aromatic rings. The van der Waals surface area contributed by atoms with Gasteiger partial charge in [-0.25, -0.2) is 4.57 Å². The minimum Gasteiger partial charge on any atom is -0.462 e. The van der Waals surface area contributed by atoms with Gasteiger partial charge in [0, 0.05) is 40.6 Å². The first-order valence-corrected chi connectivity index (χ1v) is 16.2. The van der Waals surface area contributed by atoms with Gasteiger partial charge in [0.05, 0.1) is 18.2 Å². The number of nitrogens with zero attached hydrogens (tertiary/aromatic N) is 2. The Hall–Kier alpha value is -2.88. The number of nitrogens with two attached hydrogens (primary N) is 1. The summed E-state index contributed by atoms with van der Waals surface area (Å²) in [5.74, 6) is -0.237. The summed E-state index contributed by atoms with van der Waals surface area (Å²) in [7, 11) is -3.92. The molecule has 12 heteroatoms. The Kier molecular flexibility index (Phi) is 12.9. The van der Waals surface area contributed by atoms with E-state index in [4.69, 9.17) is 31.1 Å². The lowest BCUT2D eigenvalue weighted by Gasteiger charge is -2.25. The van der Waals surface area contributed by atoms with E-state index in [1.807, 2.05) is 24.3 Å². The van der Waals surface area contributed by atoms with Gasteiger partial charge in [0.15, 0.2) is 0 Å². The van der Waals surface area contributed by atoms with Gasteiger partial charge in [-0.05, 0) is 102 Å². The highest BCUT2D eigenvalue weighted by atomic mass is 35.5. The number of nitrogens with one attached hydrogen (secondary N) is 2. The molecule has 4 N–H and O–H groups in total. The highest BCUT2D eigenvalue weighted by Crippen LogP contribution is 2.45. The number of nitrogen functional groups attached to an aromatic ring is 1. The zero-order valence-electron chi connectivity index (χ0n) is 25.0. The van der Waals surface area contributed by atoms with Gasteiger partial charge in [-0.2, -0.15) is 5.09 Å². The van der Waals surface area contributed by atoms with Crippen molar-refractivity contribution in [3.63, 3.8) is 0 Å². The summed E-state index contributed by atoms with van der Waals surface area (Å²) >= 11 is 6.12. The number of esters is 1. The van der Waals surface area contributed by atoms with E-state index in [1.54, 1.807) is 51.2 Å². The molecule has 0 saturated carbocycles. The van der Waals surface area contributed by atoms with E-state index in [-0.39, 0.29) is 18.8 Å². The van der Waals surface area contributed by atoms with E-state index < -0.39 is 19.8 Å². The third-order valence-electron chi connectivity index (χ3n) is 6.50. The van der Waals surface area contributed by atoms with Crippen LogP contribution in [0.4, 0.5) is 11.4 Å². The standard InChI is InChI=1S/C30H43ClN5O5P/c1-6-36(17-7-8-22(4)34-28-15-16-33-29-20-24(31)9-14-27(28)29)18-19-39-42(38,35-23(5)30(37)40-21(2)3)41-26-12-10-25(32)11-13-26/h9-16,20-23H,6-8,17-19,32H2,1-5H3,(H,33,34)(H,35,38)/t22-,23+,42+/m1/s1. The number of pyridine rings is 1. The lowest BCUT2D eigenvalue weighted by Crippen LogP contribution is -2.37. The van der Waals surface area contributed by atoms with Crippen LogP contribution in [0, 0.1) is 0 Å². The first-order valence-electron chi connectivity index (χ1n) is 14.3. The van der Waals surface area contributed by atoms with Crippen molar-refractivity contribution in [3.8, 4) is 5.75 Å². The molecule has 10 nitrogen and oxygen atoms in total. The Morgan fingerprint density at radius 3 is 2.52 bits per heavy atom. The summed E-state index contributed by atoms with van der Waals surface area (Å²) in [5, 5.41) is 8.01. The monoisotopic (exact) mass is 619 g/mol. The quantitative estimate of drug-likeness (QED) is 0.0874. The fourth-order valence-electron chi connectivity index (χ4n) is 4.31. The molecule has 0 amide bonds. The highest BCUT2D eigenvalue weighted by molar-refractivity contribution is 7.52. The molecule has 0 aliphatic rings. The number of likely N-dealkylation sites (N-methyl/N-ethyl adjacent to an activating group) is 1. The number of rotatable bonds is 17. The molecule has 1 heterocycles. The molecule has 230 valence electrons. The number of hydrogen-bond acceptors (Lipinski definition) is 9. The lowest BCUT2D eigenvalue weighted by atomic mass is 10.1. The molecule has 2 aromatic carbocycles. The average Bonchev–Trinajstić information content (AvgIpc) is 2.93. The Morgan fingerprint density at radius 2 is 1.83 bits per heavy atom. The maximum atomic E-state index is 13.7. The van der Waals surface area contributed by atoms with Crippen LogP contribution in [0.1, 0.15) is 47.5 Å². The smallest absolute Gasteiger partial charge is 0.459 e. The molecule has 1 aromatic heterocycles. The van der Waals surface area contributed by atoms with E-state index in [9.17, 15) is 9.36 Å². The summed E-state index contributed by atoms with van der Waals surface area (Å²) in [6.45, 7) is 11.6. The van der Waals surface area contributed by atoms with Crippen molar-refractivity contribution in [1.82, 2.24) is 15.0 Å². The third-order valence-corrected chi connectivity index (χ3v) is 8.41. The van der Waals surface area contributed by atoms with Gasteiger partial charge >= 0.3 is 13.7 Å². The zero-order chi connectivity index (χ0) is 30.7. The third kappa shape index (κ3) is 10.7.